The van der Waals surface area contributed by atoms with E-state index in [0.717, 1.165) is 6.07 Å². The fourth-order valence-corrected chi connectivity index (χ4v) is 3.56. The molecule has 22 heavy (non-hydrogen) atoms. The minimum atomic E-state index is -3.48. The number of carbonyl (C=O) groups excluding carboxylic acids is 1. The van der Waals surface area contributed by atoms with Gasteiger partial charge in [0.05, 0.1) is 24.0 Å². The summed E-state index contributed by atoms with van der Waals surface area (Å²) in [7, 11) is -3.48. The van der Waals surface area contributed by atoms with E-state index >= 15 is 0 Å². The number of nitrogens with zero attached hydrogens (tertiary/aromatic N) is 1. The van der Waals surface area contributed by atoms with Crippen LogP contribution in [0.2, 0.25) is 5.02 Å². The molecular weight excluding hydrogens is 335 g/mol. The van der Waals surface area contributed by atoms with Gasteiger partial charge in [0.25, 0.3) is 0 Å². The van der Waals surface area contributed by atoms with Crippen LogP contribution in [0, 0.1) is 5.82 Å². The van der Waals surface area contributed by atoms with Gasteiger partial charge in [-0.25, -0.2) is 12.8 Å². The first-order valence-corrected chi connectivity index (χ1v) is 8.68. The van der Waals surface area contributed by atoms with Gasteiger partial charge in [-0.05, 0) is 18.2 Å². The lowest BCUT2D eigenvalue weighted by Gasteiger charge is -2.25. The fourth-order valence-electron chi connectivity index (χ4n) is 1.97. The van der Waals surface area contributed by atoms with Gasteiger partial charge in [-0.1, -0.05) is 11.6 Å². The molecule has 0 atom stereocenters. The van der Waals surface area contributed by atoms with Crippen LogP contribution in [0.25, 0.3) is 0 Å². The number of morpholine rings is 1. The third-order valence-electron chi connectivity index (χ3n) is 3.15. The van der Waals surface area contributed by atoms with Crippen molar-refractivity contribution in [1.29, 1.82) is 0 Å². The molecule has 0 spiro atoms. The Morgan fingerprint density at radius 2 is 2.05 bits per heavy atom. The number of nitrogens with one attached hydrogen (secondary N) is 1. The molecule has 1 aromatic carbocycles. The first kappa shape index (κ1) is 17.1. The van der Waals surface area contributed by atoms with Crippen LogP contribution in [-0.4, -0.2) is 50.7 Å². The van der Waals surface area contributed by atoms with Crippen LogP contribution >= 0.6 is 11.6 Å². The SMILES string of the molecule is O=C(CCS(=O)(=O)N1CCOCC1)Nc1ccc(F)c(Cl)c1. The summed E-state index contributed by atoms with van der Waals surface area (Å²) in [6.07, 6.45) is -0.186. The van der Waals surface area contributed by atoms with Gasteiger partial charge in [0.2, 0.25) is 15.9 Å². The first-order chi connectivity index (χ1) is 10.4. The molecule has 1 N–H and O–H groups in total. The lowest BCUT2D eigenvalue weighted by molar-refractivity contribution is -0.115. The number of rotatable bonds is 5. The molecule has 1 amide bonds. The van der Waals surface area contributed by atoms with Crippen molar-refractivity contribution in [2.45, 2.75) is 6.42 Å². The van der Waals surface area contributed by atoms with Gasteiger partial charge < -0.3 is 10.1 Å². The number of hydrogen-bond donors (Lipinski definition) is 1. The molecule has 1 saturated heterocycles. The van der Waals surface area contributed by atoms with E-state index in [1.165, 1.54) is 16.4 Å². The van der Waals surface area contributed by atoms with Crippen molar-refractivity contribution in [3.63, 3.8) is 0 Å². The van der Waals surface area contributed by atoms with Gasteiger partial charge in [0.15, 0.2) is 0 Å². The number of sulfonamides is 1. The Labute approximate surface area is 133 Å². The van der Waals surface area contributed by atoms with Crippen molar-refractivity contribution < 1.29 is 22.3 Å². The molecule has 0 bridgehead atoms. The Kier molecular flexibility index (Phi) is 5.74. The molecule has 0 unspecified atom stereocenters. The van der Waals surface area contributed by atoms with E-state index < -0.39 is 21.7 Å². The molecule has 0 saturated carbocycles. The molecular formula is C13H16ClFN2O4S. The Hall–Kier alpha value is -1.22. The van der Waals surface area contributed by atoms with Gasteiger partial charge in [-0.2, -0.15) is 4.31 Å². The maximum Gasteiger partial charge on any atom is 0.225 e. The molecule has 122 valence electrons. The number of benzene rings is 1. The highest BCUT2D eigenvalue weighted by Crippen LogP contribution is 2.19. The highest BCUT2D eigenvalue weighted by atomic mass is 35.5. The quantitative estimate of drug-likeness (QED) is 0.872. The van der Waals surface area contributed by atoms with Gasteiger partial charge in [-0.15, -0.1) is 0 Å². The normalized spacial score (nSPS) is 16.5. The second-order valence-electron chi connectivity index (χ2n) is 4.75. The molecule has 2 rings (SSSR count). The number of ether oxygens (including phenoxy) is 1. The van der Waals surface area contributed by atoms with E-state index in [4.69, 9.17) is 16.3 Å². The van der Waals surface area contributed by atoms with Crippen LogP contribution in [0.4, 0.5) is 10.1 Å². The zero-order valence-corrected chi connectivity index (χ0v) is 13.3. The topological polar surface area (TPSA) is 75.7 Å². The van der Waals surface area contributed by atoms with Crippen LogP contribution < -0.4 is 5.32 Å². The molecule has 1 heterocycles. The zero-order valence-electron chi connectivity index (χ0n) is 11.7. The van der Waals surface area contributed by atoms with E-state index in [2.05, 4.69) is 5.32 Å². The zero-order chi connectivity index (χ0) is 16.2. The molecule has 1 aliphatic heterocycles. The van der Waals surface area contributed by atoms with Crippen molar-refractivity contribution in [1.82, 2.24) is 4.31 Å². The summed E-state index contributed by atoms with van der Waals surface area (Å²) in [5, 5.41) is 2.38. The average Bonchev–Trinajstić information content (AvgIpc) is 2.50. The third kappa shape index (κ3) is 4.64. The smallest absolute Gasteiger partial charge is 0.225 e. The Bertz CT molecular complexity index is 647. The molecule has 1 aromatic rings. The predicted octanol–water partition coefficient (Wildman–Crippen LogP) is 1.47. The maximum atomic E-state index is 13.0. The van der Waals surface area contributed by atoms with E-state index in [1.807, 2.05) is 0 Å². The Balaban J connectivity index is 1.87. The van der Waals surface area contributed by atoms with Crippen molar-refractivity contribution in [3.8, 4) is 0 Å². The third-order valence-corrected chi connectivity index (χ3v) is 5.32. The molecule has 6 nitrogen and oxygen atoms in total. The van der Waals surface area contributed by atoms with Gasteiger partial charge >= 0.3 is 0 Å². The summed E-state index contributed by atoms with van der Waals surface area (Å²) in [5.74, 6) is -1.35. The second kappa shape index (κ2) is 7.36. The fraction of sp³-hybridized carbons (Fsp3) is 0.462. The van der Waals surface area contributed by atoms with Crippen LogP contribution in [-0.2, 0) is 19.6 Å². The largest absolute Gasteiger partial charge is 0.379 e. The van der Waals surface area contributed by atoms with Crippen molar-refractivity contribution in [2.24, 2.45) is 0 Å². The summed E-state index contributed by atoms with van der Waals surface area (Å²) in [6, 6.07) is 3.75. The van der Waals surface area contributed by atoms with E-state index in [-0.39, 0.29) is 17.2 Å². The van der Waals surface area contributed by atoms with Gasteiger partial charge in [-0.3, -0.25) is 4.79 Å². The van der Waals surface area contributed by atoms with Crippen molar-refractivity contribution in [2.75, 3.05) is 37.4 Å². The van der Waals surface area contributed by atoms with E-state index in [1.54, 1.807) is 0 Å². The summed E-state index contributed by atoms with van der Waals surface area (Å²) < 4.78 is 43.5. The highest BCUT2D eigenvalue weighted by molar-refractivity contribution is 7.89. The number of amides is 1. The van der Waals surface area contributed by atoms with Crippen LogP contribution in [0.3, 0.4) is 0 Å². The lowest BCUT2D eigenvalue weighted by atomic mass is 10.3. The highest BCUT2D eigenvalue weighted by Gasteiger charge is 2.24. The summed E-state index contributed by atoms with van der Waals surface area (Å²) in [4.78, 5) is 11.8. The molecule has 1 fully saturated rings. The molecule has 0 radical (unpaired) electrons. The summed E-state index contributed by atoms with van der Waals surface area (Å²) >= 11 is 5.61. The average molecular weight is 351 g/mol. The predicted molar refractivity (Wildman–Crippen MR) is 80.8 cm³/mol. The molecule has 9 heteroatoms. The van der Waals surface area contributed by atoms with Crippen molar-refractivity contribution >= 4 is 33.2 Å². The number of carbonyl (C=O) groups is 1. The van der Waals surface area contributed by atoms with Crippen LogP contribution in [0.1, 0.15) is 6.42 Å². The lowest BCUT2D eigenvalue weighted by Crippen LogP contribution is -2.42. The standard InChI is InChI=1S/C13H16ClFN2O4S/c14-11-9-10(1-2-12(11)15)16-13(18)3-8-22(19,20)17-4-6-21-7-5-17/h1-2,9H,3-8H2,(H,16,18). The van der Waals surface area contributed by atoms with E-state index in [9.17, 15) is 17.6 Å². The van der Waals surface area contributed by atoms with Crippen LogP contribution in [0.5, 0.6) is 0 Å². The maximum absolute atomic E-state index is 13.0. The molecule has 0 aromatic heterocycles. The number of halogens is 2. The van der Waals surface area contributed by atoms with Gasteiger partial charge in [0.1, 0.15) is 5.82 Å². The first-order valence-electron chi connectivity index (χ1n) is 6.69. The monoisotopic (exact) mass is 350 g/mol. The molecule has 1 aliphatic rings. The Morgan fingerprint density at radius 3 is 2.68 bits per heavy atom. The summed E-state index contributed by atoms with van der Waals surface area (Å²) in [5.41, 5.74) is 0.320. The second-order valence-corrected chi connectivity index (χ2v) is 7.25. The number of hydrogen-bond acceptors (Lipinski definition) is 4. The Morgan fingerprint density at radius 1 is 1.36 bits per heavy atom. The summed E-state index contributed by atoms with van der Waals surface area (Å²) in [6.45, 7) is 1.33. The van der Waals surface area contributed by atoms with E-state index in [0.29, 0.717) is 32.0 Å². The minimum Gasteiger partial charge on any atom is -0.379 e. The number of anilines is 1. The minimum absolute atomic E-state index is 0.112. The molecule has 0 aliphatic carbocycles. The van der Waals surface area contributed by atoms with Crippen molar-refractivity contribution in [3.05, 3.63) is 29.0 Å². The van der Waals surface area contributed by atoms with Crippen LogP contribution in [0.15, 0.2) is 18.2 Å². The van der Waals surface area contributed by atoms with Gasteiger partial charge in [0, 0.05) is 25.2 Å².